The Bertz CT molecular complexity index is 2380. The lowest BCUT2D eigenvalue weighted by molar-refractivity contribution is -0.0367. The standard InChI is InChI=1S/C26H25N3O.C22H18N2/c1-2-8-20(9-3-1)18-21-12-15-25-23(19-21)24(14-13-22-10-4-6-16-27-22)28-29(25)26-11-5-7-17-30-26;1-2-6-17(7-3-1)14-18-9-10-19-16-24-22(21(19)15-18)12-11-20-8-4-5-13-23-20/h1-4,6,8-10,12-16,19,26H,5,7,11,17-18H2;1-13,15H,14,16H2/b14-13+;12-11+. The number of aromatic nitrogens is 4. The summed E-state index contributed by atoms with van der Waals surface area (Å²) in [7, 11) is 0. The molecule has 2 aliphatic rings. The summed E-state index contributed by atoms with van der Waals surface area (Å²) in [6.07, 6.45) is 17.0. The van der Waals surface area contributed by atoms with E-state index in [0.29, 0.717) is 0 Å². The first kappa shape index (κ1) is 34.8. The van der Waals surface area contributed by atoms with E-state index in [-0.39, 0.29) is 6.23 Å². The van der Waals surface area contributed by atoms with Crippen molar-refractivity contribution in [2.45, 2.75) is 44.9 Å². The molecule has 9 rings (SSSR count). The molecule has 1 unspecified atom stereocenters. The molecular formula is C48H43N5O. The molecule has 2 aliphatic heterocycles. The molecular weight excluding hydrogens is 663 g/mol. The van der Waals surface area contributed by atoms with Gasteiger partial charge in [0.05, 0.1) is 34.9 Å². The minimum Gasteiger partial charge on any atom is -0.356 e. The number of fused-ring (bicyclic) bond motifs is 2. The predicted molar refractivity (Wildman–Crippen MR) is 220 cm³/mol. The number of hydrogen-bond acceptors (Lipinski definition) is 5. The highest BCUT2D eigenvalue weighted by atomic mass is 16.5. The topological polar surface area (TPSA) is 65.2 Å². The van der Waals surface area contributed by atoms with E-state index in [1.165, 1.54) is 39.8 Å². The molecule has 266 valence electrons. The first-order valence-electron chi connectivity index (χ1n) is 18.8. The average molecular weight is 706 g/mol. The fourth-order valence-electron chi connectivity index (χ4n) is 7.03. The molecule has 0 N–H and O–H groups in total. The molecule has 1 saturated heterocycles. The van der Waals surface area contributed by atoms with Gasteiger partial charge in [-0.15, -0.1) is 0 Å². The second-order valence-corrected chi connectivity index (χ2v) is 13.7. The molecule has 0 spiro atoms. The van der Waals surface area contributed by atoms with Crippen LogP contribution in [0.2, 0.25) is 0 Å². The number of hydrogen-bond donors (Lipinski definition) is 0. The fraction of sp³-hybridized carbons (Fsp3) is 0.167. The van der Waals surface area contributed by atoms with E-state index in [1.54, 1.807) is 0 Å². The van der Waals surface area contributed by atoms with Crippen LogP contribution >= 0.6 is 0 Å². The van der Waals surface area contributed by atoms with Gasteiger partial charge in [-0.2, -0.15) is 5.10 Å². The van der Waals surface area contributed by atoms with E-state index < -0.39 is 0 Å². The van der Waals surface area contributed by atoms with Gasteiger partial charge >= 0.3 is 0 Å². The van der Waals surface area contributed by atoms with Crippen molar-refractivity contribution in [3.63, 3.8) is 0 Å². The number of allylic oxidation sites excluding steroid dienone is 1. The third kappa shape index (κ3) is 8.68. The van der Waals surface area contributed by atoms with Crippen LogP contribution in [0.1, 0.15) is 76.0 Å². The maximum Gasteiger partial charge on any atom is 0.150 e. The SMILES string of the molecule is C(=C\c1ccccn1)/C1=NCc2ccc(Cc3ccccc3)cc21.C(=C\c1nn(C2CCCCO2)c2ccc(Cc3ccccc3)cc12)/c1ccccn1. The van der Waals surface area contributed by atoms with E-state index in [0.717, 1.165) is 72.5 Å². The van der Waals surface area contributed by atoms with Crippen molar-refractivity contribution in [1.82, 2.24) is 19.7 Å². The summed E-state index contributed by atoms with van der Waals surface area (Å²) in [5, 5.41) is 6.11. The summed E-state index contributed by atoms with van der Waals surface area (Å²) in [5.74, 6) is 0. The molecule has 1 fully saturated rings. The molecule has 0 bridgehead atoms. The highest BCUT2D eigenvalue weighted by Gasteiger charge is 2.21. The molecule has 5 heterocycles. The van der Waals surface area contributed by atoms with E-state index in [2.05, 4.69) is 129 Å². The van der Waals surface area contributed by atoms with E-state index in [1.807, 2.05) is 60.9 Å². The van der Waals surface area contributed by atoms with Gasteiger partial charge in [-0.3, -0.25) is 15.0 Å². The summed E-state index contributed by atoms with van der Waals surface area (Å²) in [4.78, 5) is 13.4. The molecule has 0 radical (unpaired) electrons. The zero-order valence-electron chi connectivity index (χ0n) is 30.3. The third-order valence-electron chi connectivity index (χ3n) is 9.80. The van der Waals surface area contributed by atoms with Crippen LogP contribution < -0.4 is 0 Å². The maximum atomic E-state index is 6.04. The lowest BCUT2D eigenvalue weighted by atomic mass is 9.98. The smallest absolute Gasteiger partial charge is 0.150 e. The zero-order valence-corrected chi connectivity index (χ0v) is 30.3. The Hall–Kier alpha value is -6.24. The molecule has 54 heavy (non-hydrogen) atoms. The molecule has 0 aliphatic carbocycles. The van der Waals surface area contributed by atoms with Crippen LogP contribution in [0.5, 0.6) is 0 Å². The van der Waals surface area contributed by atoms with Crippen molar-refractivity contribution in [3.05, 3.63) is 202 Å². The molecule has 4 aromatic carbocycles. The van der Waals surface area contributed by atoms with Crippen molar-refractivity contribution in [1.29, 1.82) is 0 Å². The van der Waals surface area contributed by atoms with Crippen LogP contribution in [-0.4, -0.2) is 32.1 Å². The maximum absolute atomic E-state index is 6.04. The van der Waals surface area contributed by atoms with Crippen LogP contribution in [-0.2, 0) is 24.1 Å². The second-order valence-electron chi connectivity index (χ2n) is 13.7. The third-order valence-corrected chi connectivity index (χ3v) is 9.80. The fourth-order valence-corrected chi connectivity index (χ4v) is 7.03. The van der Waals surface area contributed by atoms with Crippen molar-refractivity contribution in [2.75, 3.05) is 6.61 Å². The normalized spacial score (nSPS) is 15.3. The largest absolute Gasteiger partial charge is 0.356 e. The monoisotopic (exact) mass is 705 g/mol. The van der Waals surface area contributed by atoms with E-state index in [4.69, 9.17) is 9.84 Å². The minimum atomic E-state index is 0.0122. The van der Waals surface area contributed by atoms with Crippen molar-refractivity contribution in [3.8, 4) is 0 Å². The lowest BCUT2D eigenvalue weighted by Crippen LogP contribution is -2.19. The average Bonchev–Trinajstić information content (AvgIpc) is 3.82. The van der Waals surface area contributed by atoms with Crippen LogP contribution in [0.15, 0.2) is 157 Å². The summed E-state index contributed by atoms with van der Waals surface area (Å²) in [5.41, 5.74) is 12.8. The molecule has 0 amide bonds. The molecule has 6 nitrogen and oxygen atoms in total. The molecule has 7 aromatic rings. The lowest BCUT2D eigenvalue weighted by Gasteiger charge is -2.23. The summed E-state index contributed by atoms with van der Waals surface area (Å²) >= 11 is 0. The number of benzene rings is 4. The first-order chi connectivity index (χ1) is 26.7. The van der Waals surface area contributed by atoms with E-state index >= 15 is 0 Å². The molecule has 1 atom stereocenters. The zero-order chi connectivity index (χ0) is 36.4. The van der Waals surface area contributed by atoms with Gasteiger partial charge in [0.1, 0.15) is 0 Å². The highest BCUT2D eigenvalue weighted by Crippen LogP contribution is 2.30. The Kier molecular flexibility index (Phi) is 11.0. The van der Waals surface area contributed by atoms with Crippen LogP contribution in [0, 0.1) is 0 Å². The van der Waals surface area contributed by atoms with Crippen molar-refractivity contribution >= 4 is 34.8 Å². The van der Waals surface area contributed by atoms with Gasteiger partial charge in [-0.1, -0.05) is 91.0 Å². The molecule has 6 heteroatoms. The van der Waals surface area contributed by atoms with Crippen molar-refractivity contribution < 1.29 is 4.74 Å². The molecule has 0 saturated carbocycles. The summed E-state index contributed by atoms with van der Waals surface area (Å²) in [6, 6.07) is 46.4. The second kappa shape index (κ2) is 17.1. The van der Waals surface area contributed by atoms with Crippen LogP contribution in [0.25, 0.3) is 29.1 Å². The van der Waals surface area contributed by atoms with Crippen LogP contribution in [0.4, 0.5) is 0 Å². The Labute approximate surface area is 317 Å². The van der Waals surface area contributed by atoms with Gasteiger partial charge in [0.15, 0.2) is 6.23 Å². The Balaban J connectivity index is 0.000000157. The Morgan fingerprint density at radius 2 is 1.26 bits per heavy atom. The minimum absolute atomic E-state index is 0.0122. The number of pyridine rings is 2. The Morgan fingerprint density at radius 3 is 1.91 bits per heavy atom. The number of ether oxygens (including phenoxy) is 1. The first-order valence-corrected chi connectivity index (χ1v) is 18.8. The van der Waals surface area contributed by atoms with Gasteiger partial charge in [0.2, 0.25) is 0 Å². The van der Waals surface area contributed by atoms with Gasteiger partial charge in [0.25, 0.3) is 0 Å². The number of nitrogens with zero attached hydrogens (tertiary/aromatic N) is 5. The van der Waals surface area contributed by atoms with Gasteiger partial charge in [-0.05, 0) is 127 Å². The number of rotatable bonds is 9. The van der Waals surface area contributed by atoms with E-state index in [9.17, 15) is 0 Å². The van der Waals surface area contributed by atoms with Gasteiger partial charge in [-0.25, -0.2) is 4.68 Å². The van der Waals surface area contributed by atoms with Gasteiger partial charge in [0, 0.05) is 30.0 Å². The quantitative estimate of drug-likeness (QED) is 0.150. The number of aliphatic imine (C=N–C) groups is 1. The summed E-state index contributed by atoms with van der Waals surface area (Å²) in [6.45, 7) is 1.57. The predicted octanol–water partition coefficient (Wildman–Crippen LogP) is 10.6. The van der Waals surface area contributed by atoms with Crippen molar-refractivity contribution in [2.24, 2.45) is 4.99 Å². The Morgan fingerprint density at radius 1 is 0.611 bits per heavy atom. The highest BCUT2D eigenvalue weighted by molar-refractivity contribution is 6.13. The molecule has 3 aromatic heterocycles. The van der Waals surface area contributed by atoms with Crippen LogP contribution in [0.3, 0.4) is 0 Å². The van der Waals surface area contributed by atoms with Gasteiger partial charge < -0.3 is 4.74 Å². The summed E-state index contributed by atoms with van der Waals surface area (Å²) < 4.78 is 8.11.